The molecule has 0 atom stereocenters. The molecule has 0 spiro atoms. The lowest BCUT2D eigenvalue weighted by Gasteiger charge is -2.06. The Morgan fingerprint density at radius 2 is 1.63 bits per heavy atom. The molecule has 2 rings (SSSR count). The summed E-state index contributed by atoms with van der Waals surface area (Å²) in [7, 11) is 0. The van der Waals surface area contributed by atoms with Crippen LogP contribution < -0.4 is 5.32 Å². The largest absolute Gasteiger partial charge is 0.326 e. The Kier molecular flexibility index (Phi) is 4.30. The van der Waals surface area contributed by atoms with E-state index < -0.39 is 0 Å². The Morgan fingerprint density at radius 3 is 2.26 bits per heavy atom. The Labute approximate surface area is 112 Å². The molecule has 1 N–H and O–H groups in total. The summed E-state index contributed by atoms with van der Waals surface area (Å²) in [6.07, 6.45) is 0.477. The van der Waals surface area contributed by atoms with Crippen LogP contribution in [-0.2, 0) is 4.79 Å². The van der Waals surface area contributed by atoms with E-state index in [2.05, 4.69) is 5.32 Å². The van der Waals surface area contributed by atoms with Crippen LogP contribution in [-0.4, -0.2) is 5.91 Å². The molecule has 0 aliphatic carbocycles. The molecule has 0 radical (unpaired) electrons. The van der Waals surface area contributed by atoms with Crippen LogP contribution >= 0.6 is 0 Å². The van der Waals surface area contributed by atoms with Gasteiger partial charge < -0.3 is 5.32 Å². The normalized spacial score (nSPS) is 9.63. The van der Waals surface area contributed by atoms with Gasteiger partial charge in [0.2, 0.25) is 5.91 Å². The van der Waals surface area contributed by atoms with Gasteiger partial charge in [-0.25, -0.2) is 0 Å². The summed E-state index contributed by atoms with van der Waals surface area (Å²) in [6, 6.07) is 19.7. The highest BCUT2D eigenvalue weighted by Crippen LogP contribution is 2.21. The number of carbonyl (C=O) groups excluding carboxylic acids is 1. The number of benzene rings is 2. The number of nitrogens with one attached hydrogen (secondary N) is 1. The molecule has 1 amide bonds. The van der Waals surface area contributed by atoms with Crippen molar-refractivity contribution in [1.82, 2.24) is 0 Å². The van der Waals surface area contributed by atoms with Crippen LogP contribution in [0.4, 0.5) is 5.69 Å². The first-order valence-electron chi connectivity index (χ1n) is 6.12. The molecule has 0 aromatic heterocycles. The maximum Gasteiger partial charge on any atom is 0.225 e. The topological polar surface area (TPSA) is 52.9 Å². The van der Waals surface area contributed by atoms with Crippen LogP contribution in [0.3, 0.4) is 0 Å². The molecule has 0 fully saturated rings. The van der Waals surface area contributed by atoms with E-state index in [0.717, 1.165) is 16.8 Å². The third-order valence-electron chi connectivity index (χ3n) is 2.74. The molecule has 94 valence electrons. The van der Waals surface area contributed by atoms with E-state index in [1.54, 1.807) is 0 Å². The number of carbonyl (C=O) groups is 1. The van der Waals surface area contributed by atoms with Gasteiger partial charge in [0.1, 0.15) is 0 Å². The fraction of sp³-hybridized carbons (Fsp3) is 0.125. The maximum atomic E-state index is 11.5. The molecular weight excluding hydrogens is 236 g/mol. The van der Waals surface area contributed by atoms with Crippen molar-refractivity contribution in [1.29, 1.82) is 5.26 Å². The lowest BCUT2D eigenvalue weighted by molar-refractivity contribution is -0.116. The van der Waals surface area contributed by atoms with Crippen molar-refractivity contribution in [3.05, 3.63) is 54.6 Å². The summed E-state index contributed by atoms with van der Waals surface area (Å²) in [5, 5.41) is 11.2. The van der Waals surface area contributed by atoms with E-state index in [1.165, 1.54) is 0 Å². The molecule has 0 aliphatic rings. The highest BCUT2D eigenvalue weighted by Gasteiger charge is 2.02. The Balaban J connectivity index is 2.03. The molecule has 0 heterocycles. The van der Waals surface area contributed by atoms with Gasteiger partial charge in [0.25, 0.3) is 0 Å². The van der Waals surface area contributed by atoms with Gasteiger partial charge in [0.05, 0.1) is 6.07 Å². The minimum atomic E-state index is -0.131. The van der Waals surface area contributed by atoms with Crippen LogP contribution in [0.25, 0.3) is 11.1 Å². The van der Waals surface area contributed by atoms with Gasteiger partial charge in [0, 0.05) is 18.5 Å². The summed E-state index contributed by atoms with van der Waals surface area (Å²) < 4.78 is 0. The smallest absolute Gasteiger partial charge is 0.225 e. The lowest BCUT2D eigenvalue weighted by Crippen LogP contribution is -2.10. The highest BCUT2D eigenvalue weighted by atomic mass is 16.1. The molecular formula is C16H14N2O. The Morgan fingerprint density at radius 1 is 1.00 bits per heavy atom. The predicted octanol–water partition coefficient (Wildman–Crippen LogP) is 3.60. The molecule has 0 saturated heterocycles. The molecule has 0 aliphatic heterocycles. The molecule has 0 bridgehead atoms. The zero-order valence-electron chi connectivity index (χ0n) is 10.5. The van der Waals surface area contributed by atoms with E-state index in [-0.39, 0.29) is 18.7 Å². The van der Waals surface area contributed by atoms with Gasteiger partial charge in [0.15, 0.2) is 0 Å². The number of anilines is 1. The van der Waals surface area contributed by atoms with Crippen molar-refractivity contribution in [2.45, 2.75) is 12.8 Å². The molecule has 3 nitrogen and oxygen atoms in total. The van der Waals surface area contributed by atoms with Gasteiger partial charge in [-0.1, -0.05) is 42.5 Å². The quantitative estimate of drug-likeness (QED) is 0.901. The molecule has 0 saturated carbocycles. The van der Waals surface area contributed by atoms with E-state index in [4.69, 9.17) is 5.26 Å². The second-order valence-corrected chi connectivity index (χ2v) is 4.15. The van der Waals surface area contributed by atoms with Crippen molar-refractivity contribution in [3.63, 3.8) is 0 Å². The maximum absolute atomic E-state index is 11.5. The highest BCUT2D eigenvalue weighted by molar-refractivity contribution is 5.91. The van der Waals surface area contributed by atoms with E-state index >= 15 is 0 Å². The number of hydrogen-bond acceptors (Lipinski definition) is 2. The molecule has 2 aromatic carbocycles. The predicted molar refractivity (Wildman–Crippen MR) is 75.4 cm³/mol. The summed E-state index contributed by atoms with van der Waals surface area (Å²) in [6.45, 7) is 0. The van der Waals surface area contributed by atoms with Crippen LogP contribution in [0.1, 0.15) is 12.8 Å². The van der Waals surface area contributed by atoms with Crippen molar-refractivity contribution >= 4 is 11.6 Å². The standard InChI is InChI=1S/C16H14N2O/c17-12-4-7-16(19)18-15-10-8-14(9-11-15)13-5-2-1-3-6-13/h1-3,5-6,8-11H,4,7H2,(H,18,19). The molecule has 3 heteroatoms. The van der Waals surface area contributed by atoms with Crippen molar-refractivity contribution in [2.24, 2.45) is 0 Å². The van der Waals surface area contributed by atoms with Gasteiger partial charge in [-0.3, -0.25) is 4.79 Å². The second kappa shape index (κ2) is 6.36. The van der Waals surface area contributed by atoms with Gasteiger partial charge in [-0.2, -0.15) is 5.26 Å². The summed E-state index contributed by atoms with van der Waals surface area (Å²) in [5.41, 5.74) is 3.00. The van der Waals surface area contributed by atoms with E-state index in [0.29, 0.717) is 0 Å². The van der Waals surface area contributed by atoms with Crippen LogP contribution in [0.5, 0.6) is 0 Å². The number of amides is 1. The molecule has 0 unspecified atom stereocenters. The Hall–Kier alpha value is -2.60. The molecule has 2 aromatic rings. The fourth-order valence-corrected chi connectivity index (χ4v) is 1.77. The number of hydrogen-bond donors (Lipinski definition) is 1. The van der Waals surface area contributed by atoms with Crippen LogP contribution in [0, 0.1) is 11.3 Å². The lowest BCUT2D eigenvalue weighted by atomic mass is 10.1. The minimum absolute atomic E-state index is 0.131. The van der Waals surface area contributed by atoms with E-state index in [9.17, 15) is 4.79 Å². The first-order chi connectivity index (χ1) is 9.29. The zero-order valence-corrected chi connectivity index (χ0v) is 10.5. The summed E-state index contributed by atoms with van der Waals surface area (Å²) in [4.78, 5) is 11.5. The second-order valence-electron chi connectivity index (χ2n) is 4.15. The van der Waals surface area contributed by atoms with Crippen LogP contribution in [0.15, 0.2) is 54.6 Å². The summed E-state index contributed by atoms with van der Waals surface area (Å²) >= 11 is 0. The van der Waals surface area contributed by atoms with Gasteiger partial charge in [-0.05, 0) is 23.3 Å². The number of rotatable bonds is 4. The molecule has 19 heavy (non-hydrogen) atoms. The average molecular weight is 250 g/mol. The van der Waals surface area contributed by atoms with Gasteiger partial charge in [-0.15, -0.1) is 0 Å². The fourth-order valence-electron chi connectivity index (χ4n) is 1.77. The van der Waals surface area contributed by atoms with Crippen molar-refractivity contribution in [2.75, 3.05) is 5.32 Å². The zero-order chi connectivity index (χ0) is 13.5. The first-order valence-corrected chi connectivity index (χ1v) is 6.12. The third kappa shape index (κ3) is 3.68. The number of nitriles is 1. The van der Waals surface area contributed by atoms with Crippen molar-refractivity contribution < 1.29 is 4.79 Å². The van der Waals surface area contributed by atoms with E-state index in [1.807, 2.05) is 60.7 Å². The monoisotopic (exact) mass is 250 g/mol. The SMILES string of the molecule is N#CCCC(=O)Nc1ccc(-c2ccccc2)cc1. The Bertz CT molecular complexity index is 582. The van der Waals surface area contributed by atoms with Crippen LogP contribution in [0.2, 0.25) is 0 Å². The first kappa shape index (κ1) is 12.8. The third-order valence-corrected chi connectivity index (χ3v) is 2.74. The average Bonchev–Trinajstić information content (AvgIpc) is 2.47. The number of nitrogens with zero attached hydrogens (tertiary/aromatic N) is 1. The van der Waals surface area contributed by atoms with Crippen molar-refractivity contribution in [3.8, 4) is 17.2 Å². The minimum Gasteiger partial charge on any atom is -0.326 e. The summed E-state index contributed by atoms with van der Waals surface area (Å²) in [5.74, 6) is -0.131. The van der Waals surface area contributed by atoms with Gasteiger partial charge >= 0.3 is 0 Å².